The fourth-order valence-electron chi connectivity index (χ4n) is 3.51. The van der Waals surface area contributed by atoms with Gasteiger partial charge in [0.25, 0.3) is 0 Å². The topological polar surface area (TPSA) is 30.5 Å². The summed E-state index contributed by atoms with van der Waals surface area (Å²) in [5.74, 6) is 0.850. The van der Waals surface area contributed by atoms with Crippen LogP contribution in [0.15, 0.2) is 36.4 Å². The maximum absolute atomic E-state index is 13.9. The van der Waals surface area contributed by atoms with Gasteiger partial charge in [0.1, 0.15) is 12.4 Å². The van der Waals surface area contributed by atoms with E-state index in [2.05, 4.69) is 5.32 Å². The first kappa shape index (κ1) is 22.8. The largest absolute Gasteiger partial charge is 0.493 e. The summed E-state index contributed by atoms with van der Waals surface area (Å²) in [7, 11) is 1.61. The number of hydrogen-bond acceptors (Lipinski definition) is 3. The van der Waals surface area contributed by atoms with E-state index in [4.69, 9.17) is 21.1 Å². The molecule has 154 valence electrons. The fourth-order valence-corrected chi connectivity index (χ4v) is 3.72. The molecule has 0 unspecified atom stereocenters. The molecule has 3 nitrogen and oxygen atoms in total. The van der Waals surface area contributed by atoms with Crippen LogP contribution < -0.4 is 14.8 Å². The average molecular weight is 428 g/mol. The third-order valence-electron chi connectivity index (χ3n) is 5.11. The number of rotatable bonds is 7. The number of ether oxygens (including phenoxy) is 2. The Kier molecular flexibility index (Phi) is 9.36. The molecule has 1 aliphatic carbocycles. The molecular weight excluding hydrogens is 400 g/mol. The molecule has 0 atom stereocenters. The summed E-state index contributed by atoms with van der Waals surface area (Å²) in [4.78, 5) is 0. The Morgan fingerprint density at radius 2 is 1.82 bits per heavy atom. The number of benzene rings is 2. The molecule has 0 heterocycles. The summed E-state index contributed by atoms with van der Waals surface area (Å²) in [5.41, 5.74) is 1.49. The molecule has 0 amide bonds. The molecule has 0 saturated heterocycles. The van der Waals surface area contributed by atoms with Crippen molar-refractivity contribution in [3.63, 3.8) is 0 Å². The highest BCUT2D eigenvalue weighted by Gasteiger charge is 2.13. The minimum atomic E-state index is -0.370. The van der Waals surface area contributed by atoms with Crippen molar-refractivity contribution >= 4 is 24.0 Å². The van der Waals surface area contributed by atoms with E-state index >= 15 is 0 Å². The van der Waals surface area contributed by atoms with Crippen LogP contribution in [-0.4, -0.2) is 13.2 Å². The van der Waals surface area contributed by atoms with Crippen LogP contribution in [0, 0.1) is 5.82 Å². The highest BCUT2D eigenvalue weighted by molar-refractivity contribution is 6.31. The van der Waals surface area contributed by atoms with Gasteiger partial charge >= 0.3 is 0 Å². The van der Waals surface area contributed by atoms with Gasteiger partial charge in [-0.05, 0) is 42.7 Å². The van der Waals surface area contributed by atoms with Crippen molar-refractivity contribution in [1.82, 2.24) is 5.32 Å². The van der Waals surface area contributed by atoms with Crippen molar-refractivity contribution in [2.75, 3.05) is 7.11 Å². The molecule has 0 radical (unpaired) electrons. The van der Waals surface area contributed by atoms with Crippen molar-refractivity contribution in [3.05, 3.63) is 58.4 Å². The van der Waals surface area contributed by atoms with Gasteiger partial charge in [0.05, 0.1) is 12.1 Å². The van der Waals surface area contributed by atoms with E-state index in [1.54, 1.807) is 19.2 Å². The molecular formula is C22H28Cl2FNO2. The van der Waals surface area contributed by atoms with E-state index in [0.29, 0.717) is 28.1 Å². The van der Waals surface area contributed by atoms with Gasteiger partial charge in [-0.1, -0.05) is 49.4 Å². The Labute approximate surface area is 178 Å². The number of halogens is 3. The molecule has 3 rings (SSSR count). The molecule has 0 aromatic heterocycles. The van der Waals surface area contributed by atoms with Crippen molar-refractivity contribution in [2.45, 2.75) is 57.7 Å². The first-order valence-corrected chi connectivity index (χ1v) is 10.0. The molecule has 0 bridgehead atoms. The van der Waals surface area contributed by atoms with Gasteiger partial charge < -0.3 is 14.8 Å². The van der Waals surface area contributed by atoms with Gasteiger partial charge in [-0.25, -0.2) is 4.39 Å². The lowest BCUT2D eigenvalue weighted by atomic mass is 10.1. The van der Waals surface area contributed by atoms with Gasteiger partial charge in [-0.15, -0.1) is 12.4 Å². The van der Waals surface area contributed by atoms with Crippen molar-refractivity contribution < 1.29 is 13.9 Å². The highest BCUT2D eigenvalue weighted by atomic mass is 35.5. The maximum Gasteiger partial charge on any atom is 0.161 e. The second-order valence-electron chi connectivity index (χ2n) is 7.04. The van der Waals surface area contributed by atoms with Crippen molar-refractivity contribution in [2.24, 2.45) is 0 Å². The Hall–Kier alpha value is -1.49. The lowest BCUT2D eigenvalue weighted by Crippen LogP contribution is -2.27. The molecule has 2 aromatic carbocycles. The first-order chi connectivity index (χ1) is 13.2. The molecule has 28 heavy (non-hydrogen) atoms. The Bertz CT molecular complexity index is 729. The van der Waals surface area contributed by atoms with Crippen LogP contribution in [0.1, 0.15) is 49.7 Å². The van der Waals surface area contributed by atoms with Crippen LogP contribution in [0.3, 0.4) is 0 Å². The van der Waals surface area contributed by atoms with Crippen LogP contribution in [0.25, 0.3) is 0 Å². The molecule has 1 N–H and O–H groups in total. The Morgan fingerprint density at radius 3 is 2.50 bits per heavy atom. The average Bonchev–Trinajstić information content (AvgIpc) is 2.95. The molecule has 6 heteroatoms. The van der Waals surface area contributed by atoms with Gasteiger partial charge in [-0.2, -0.15) is 0 Å². The normalized spacial score (nSPS) is 14.8. The molecule has 1 aliphatic rings. The zero-order chi connectivity index (χ0) is 19.1. The Morgan fingerprint density at radius 1 is 1.07 bits per heavy atom. The number of nitrogens with one attached hydrogen (secondary N) is 1. The van der Waals surface area contributed by atoms with Crippen LogP contribution in [0.4, 0.5) is 4.39 Å². The predicted molar refractivity (Wildman–Crippen MR) is 114 cm³/mol. The van der Waals surface area contributed by atoms with Gasteiger partial charge in [-0.3, -0.25) is 0 Å². The lowest BCUT2D eigenvalue weighted by molar-refractivity contribution is 0.279. The fraction of sp³-hybridized carbons (Fsp3) is 0.455. The van der Waals surface area contributed by atoms with E-state index in [1.807, 2.05) is 18.2 Å². The summed E-state index contributed by atoms with van der Waals surface area (Å²) in [6.07, 6.45) is 7.83. The zero-order valence-corrected chi connectivity index (χ0v) is 17.8. The number of methoxy groups -OCH3 is 1. The summed E-state index contributed by atoms with van der Waals surface area (Å²) in [5, 5.41) is 4.02. The van der Waals surface area contributed by atoms with Crippen LogP contribution in [-0.2, 0) is 13.2 Å². The maximum atomic E-state index is 13.9. The second kappa shape index (κ2) is 11.5. The van der Waals surface area contributed by atoms with Gasteiger partial charge in [0, 0.05) is 18.2 Å². The predicted octanol–water partition coefficient (Wildman–Crippen LogP) is 6.30. The third-order valence-corrected chi connectivity index (χ3v) is 5.47. The quantitative estimate of drug-likeness (QED) is 0.525. The summed E-state index contributed by atoms with van der Waals surface area (Å²) < 4.78 is 25.1. The molecule has 0 spiro atoms. The van der Waals surface area contributed by atoms with E-state index in [0.717, 1.165) is 12.1 Å². The number of hydrogen-bond donors (Lipinski definition) is 1. The Balaban J connectivity index is 0.00000280. The van der Waals surface area contributed by atoms with E-state index in [-0.39, 0.29) is 24.8 Å². The first-order valence-electron chi connectivity index (χ1n) is 9.63. The molecule has 1 saturated carbocycles. The molecule has 0 aliphatic heterocycles. The molecule has 2 aromatic rings. The lowest BCUT2D eigenvalue weighted by Gasteiger charge is -2.17. The van der Waals surface area contributed by atoms with Crippen LogP contribution in [0.5, 0.6) is 11.5 Å². The minimum absolute atomic E-state index is 0. The van der Waals surface area contributed by atoms with Crippen LogP contribution in [0.2, 0.25) is 5.02 Å². The minimum Gasteiger partial charge on any atom is -0.493 e. The zero-order valence-electron chi connectivity index (χ0n) is 16.2. The SMILES string of the molecule is COc1cc(CNC2CCCCCC2)ccc1OCc1c(F)cccc1Cl.Cl. The highest BCUT2D eigenvalue weighted by Crippen LogP contribution is 2.30. The standard InChI is InChI=1S/C22H27ClFNO2.ClH/c1-26-22-13-16(14-25-17-7-4-2-3-5-8-17)11-12-21(22)27-15-18-19(23)9-6-10-20(18)24;/h6,9-13,17,25H,2-5,7-8,14-15H2,1H3;1H. The summed E-state index contributed by atoms with van der Waals surface area (Å²) in [6.45, 7) is 0.863. The third kappa shape index (κ3) is 6.26. The van der Waals surface area contributed by atoms with Gasteiger partial charge in [0.15, 0.2) is 11.5 Å². The van der Waals surface area contributed by atoms with Crippen LogP contribution >= 0.6 is 24.0 Å². The van der Waals surface area contributed by atoms with E-state index in [1.165, 1.54) is 44.6 Å². The van der Waals surface area contributed by atoms with E-state index < -0.39 is 0 Å². The van der Waals surface area contributed by atoms with Crippen molar-refractivity contribution in [1.29, 1.82) is 0 Å². The molecule has 1 fully saturated rings. The smallest absolute Gasteiger partial charge is 0.161 e. The summed E-state index contributed by atoms with van der Waals surface area (Å²) >= 11 is 6.06. The van der Waals surface area contributed by atoms with Crippen molar-refractivity contribution in [3.8, 4) is 11.5 Å². The monoisotopic (exact) mass is 427 g/mol. The van der Waals surface area contributed by atoms with E-state index in [9.17, 15) is 4.39 Å². The summed E-state index contributed by atoms with van der Waals surface area (Å²) in [6, 6.07) is 11.1. The second-order valence-corrected chi connectivity index (χ2v) is 7.45. The van der Waals surface area contributed by atoms with Gasteiger partial charge in [0.2, 0.25) is 0 Å².